The average molecular weight is 458 g/mol. The van der Waals surface area contributed by atoms with E-state index in [9.17, 15) is 9.59 Å². The number of halogens is 1. The van der Waals surface area contributed by atoms with Crippen LogP contribution in [0.2, 0.25) is 0 Å². The second-order valence-electron chi connectivity index (χ2n) is 10.2. The number of hydrogen-bond donors (Lipinski definition) is 1. The fourth-order valence-electron chi connectivity index (χ4n) is 7.50. The Morgan fingerprint density at radius 3 is 2.45 bits per heavy atom. The standard InChI is InChI=1S/C23H28BrN3O2/c24-23-12-15-9-16(13-23)11-22(10-15,14-23)20(28)26-7-5-17(6-8-26)27-19-4-2-1-3-18(19)25-21(27)29/h1-4,15-17H,5-14H2,(H,25,29). The molecule has 5 aliphatic rings. The van der Waals surface area contributed by atoms with Crippen molar-refractivity contribution in [1.82, 2.24) is 14.5 Å². The highest BCUT2D eigenvalue weighted by molar-refractivity contribution is 9.10. The van der Waals surface area contributed by atoms with E-state index in [1.165, 1.54) is 19.3 Å². The number of likely N-dealkylation sites (tertiary alicyclic amines) is 1. The molecule has 29 heavy (non-hydrogen) atoms. The third-order valence-corrected chi connectivity index (χ3v) is 9.11. The van der Waals surface area contributed by atoms with Gasteiger partial charge >= 0.3 is 5.69 Å². The number of benzene rings is 1. The summed E-state index contributed by atoms with van der Waals surface area (Å²) in [5.41, 5.74) is 1.72. The second-order valence-corrected chi connectivity index (χ2v) is 11.9. The zero-order chi connectivity index (χ0) is 19.8. The molecule has 7 rings (SSSR count). The van der Waals surface area contributed by atoms with Gasteiger partial charge in [-0.1, -0.05) is 28.1 Å². The summed E-state index contributed by atoms with van der Waals surface area (Å²) in [6.45, 7) is 1.53. The zero-order valence-electron chi connectivity index (χ0n) is 16.7. The number of carbonyl (C=O) groups is 1. The minimum atomic E-state index is -0.127. The molecule has 1 saturated heterocycles. The highest BCUT2D eigenvalue weighted by atomic mass is 79.9. The summed E-state index contributed by atoms with van der Waals surface area (Å²) in [6, 6.07) is 8.06. The molecule has 4 saturated carbocycles. The Balaban J connectivity index is 1.21. The lowest BCUT2D eigenvalue weighted by atomic mass is 9.49. The number of piperidine rings is 1. The maximum atomic E-state index is 13.7. The van der Waals surface area contributed by atoms with Gasteiger partial charge in [0.25, 0.3) is 0 Å². The van der Waals surface area contributed by atoms with E-state index >= 15 is 0 Å². The fraction of sp³-hybridized carbons (Fsp3) is 0.652. The summed E-state index contributed by atoms with van der Waals surface area (Å²) in [4.78, 5) is 31.3. The largest absolute Gasteiger partial charge is 0.342 e. The van der Waals surface area contributed by atoms with Crippen LogP contribution in [0.25, 0.3) is 11.0 Å². The van der Waals surface area contributed by atoms with Crippen molar-refractivity contribution in [2.24, 2.45) is 17.3 Å². The molecule has 1 aromatic heterocycles. The number of rotatable bonds is 2. The predicted octanol–water partition coefficient (Wildman–Crippen LogP) is 4.23. The molecule has 2 unspecified atom stereocenters. The molecule has 5 fully saturated rings. The summed E-state index contributed by atoms with van der Waals surface area (Å²) in [7, 11) is 0. The molecule has 4 bridgehead atoms. The molecule has 1 N–H and O–H groups in total. The Bertz CT molecular complexity index is 1020. The van der Waals surface area contributed by atoms with Crippen LogP contribution in [-0.4, -0.2) is 37.8 Å². The van der Waals surface area contributed by atoms with Crippen molar-refractivity contribution in [3.05, 3.63) is 34.7 Å². The number of nitrogens with zero attached hydrogens (tertiary/aromatic N) is 2. The number of para-hydroxylation sites is 2. The molecule has 0 radical (unpaired) electrons. The lowest BCUT2D eigenvalue weighted by molar-refractivity contribution is -0.156. The van der Waals surface area contributed by atoms with Gasteiger partial charge in [0.1, 0.15) is 0 Å². The summed E-state index contributed by atoms with van der Waals surface area (Å²) in [6.07, 6.45) is 8.76. The van der Waals surface area contributed by atoms with Crippen LogP contribution < -0.4 is 5.69 Å². The van der Waals surface area contributed by atoms with E-state index in [-0.39, 0.29) is 21.5 Å². The van der Waals surface area contributed by atoms with Crippen molar-refractivity contribution in [3.8, 4) is 0 Å². The third kappa shape index (κ3) is 2.77. The first kappa shape index (κ1) is 18.2. The molecule has 5 nitrogen and oxygen atoms in total. The van der Waals surface area contributed by atoms with Crippen molar-refractivity contribution < 1.29 is 4.79 Å². The van der Waals surface area contributed by atoms with Crippen LogP contribution in [0.1, 0.15) is 57.4 Å². The van der Waals surface area contributed by atoms with Crippen molar-refractivity contribution >= 4 is 32.9 Å². The number of aromatic amines is 1. The van der Waals surface area contributed by atoms with Crippen LogP contribution >= 0.6 is 15.9 Å². The highest BCUT2D eigenvalue weighted by Gasteiger charge is 2.60. The number of H-pyrrole nitrogens is 1. The number of fused-ring (bicyclic) bond motifs is 1. The molecule has 4 aliphatic carbocycles. The normalized spacial score (nSPS) is 36.8. The highest BCUT2D eigenvalue weighted by Crippen LogP contribution is 2.64. The first-order chi connectivity index (χ1) is 13.9. The van der Waals surface area contributed by atoms with E-state index < -0.39 is 0 Å². The first-order valence-electron chi connectivity index (χ1n) is 11.1. The fourth-order valence-corrected chi connectivity index (χ4v) is 8.95. The number of amides is 1. The van der Waals surface area contributed by atoms with Crippen LogP contribution in [0.15, 0.2) is 29.1 Å². The second kappa shape index (κ2) is 6.22. The molecule has 1 aliphatic heterocycles. The van der Waals surface area contributed by atoms with Crippen molar-refractivity contribution in [3.63, 3.8) is 0 Å². The summed E-state index contributed by atoms with van der Waals surface area (Å²) >= 11 is 4.04. The van der Waals surface area contributed by atoms with Gasteiger partial charge < -0.3 is 9.88 Å². The number of hydrogen-bond acceptors (Lipinski definition) is 2. The van der Waals surface area contributed by atoms with Crippen LogP contribution in [0, 0.1) is 17.3 Å². The molecule has 1 aromatic carbocycles. The minimum Gasteiger partial charge on any atom is -0.342 e. The van der Waals surface area contributed by atoms with Crippen molar-refractivity contribution in [2.75, 3.05) is 13.1 Å². The number of imidazole rings is 1. The van der Waals surface area contributed by atoms with E-state index in [4.69, 9.17) is 0 Å². The first-order valence-corrected chi connectivity index (χ1v) is 11.9. The van der Waals surface area contributed by atoms with Crippen LogP contribution in [0.5, 0.6) is 0 Å². The Labute approximate surface area is 179 Å². The van der Waals surface area contributed by atoms with Gasteiger partial charge in [-0.2, -0.15) is 0 Å². The predicted molar refractivity (Wildman–Crippen MR) is 116 cm³/mol. The van der Waals surface area contributed by atoms with Crippen molar-refractivity contribution in [1.29, 1.82) is 0 Å². The maximum Gasteiger partial charge on any atom is 0.326 e. The maximum absolute atomic E-state index is 13.7. The number of aromatic nitrogens is 2. The molecule has 154 valence electrons. The van der Waals surface area contributed by atoms with Crippen LogP contribution in [0.3, 0.4) is 0 Å². The lowest BCUT2D eigenvalue weighted by Gasteiger charge is -2.60. The smallest absolute Gasteiger partial charge is 0.326 e. The molecular formula is C23H28BrN3O2. The van der Waals surface area contributed by atoms with Gasteiger partial charge in [-0.15, -0.1) is 0 Å². The minimum absolute atomic E-state index is 0.0294. The Morgan fingerprint density at radius 2 is 1.76 bits per heavy atom. The van der Waals surface area contributed by atoms with Crippen LogP contribution in [-0.2, 0) is 4.79 Å². The summed E-state index contributed by atoms with van der Waals surface area (Å²) in [5.74, 6) is 1.85. The molecule has 2 heterocycles. The molecule has 2 atom stereocenters. The van der Waals surface area contributed by atoms with Crippen LogP contribution in [0.4, 0.5) is 0 Å². The summed E-state index contributed by atoms with van der Waals surface area (Å²) < 4.78 is 2.12. The third-order valence-electron chi connectivity index (χ3n) is 8.18. The number of nitrogens with one attached hydrogen (secondary N) is 1. The summed E-state index contributed by atoms with van der Waals surface area (Å²) in [5, 5.41) is 0. The molecular weight excluding hydrogens is 430 g/mol. The van der Waals surface area contributed by atoms with E-state index in [0.29, 0.717) is 5.91 Å². The van der Waals surface area contributed by atoms with Gasteiger partial charge in [-0.25, -0.2) is 4.79 Å². The van der Waals surface area contributed by atoms with E-state index in [0.717, 1.165) is 68.1 Å². The Kier molecular flexibility index (Phi) is 3.91. The SMILES string of the molecule is O=C(N1CCC(n2c(=O)[nH]c3ccccc32)CC1)C12CC3CC(CC(Br)(C3)C1)C2. The Morgan fingerprint density at radius 1 is 1.07 bits per heavy atom. The van der Waals surface area contributed by atoms with Crippen molar-refractivity contribution in [2.45, 2.75) is 61.7 Å². The van der Waals surface area contributed by atoms with E-state index in [1.54, 1.807) is 0 Å². The van der Waals surface area contributed by atoms with Gasteiger partial charge in [0.2, 0.25) is 5.91 Å². The number of carbonyl (C=O) groups excluding carboxylic acids is 1. The van der Waals surface area contributed by atoms with Gasteiger partial charge in [0, 0.05) is 23.5 Å². The molecule has 0 spiro atoms. The Hall–Kier alpha value is -1.56. The zero-order valence-corrected chi connectivity index (χ0v) is 18.3. The molecule has 6 heteroatoms. The van der Waals surface area contributed by atoms with Gasteiger partial charge in [-0.05, 0) is 75.3 Å². The number of alkyl halides is 1. The quantitative estimate of drug-likeness (QED) is 0.685. The van der Waals surface area contributed by atoms with E-state index in [1.807, 2.05) is 28.8 Å². The van der Waals surface area contributed by atoms with Gasteiger partial charge in [0.05, 0.1) is 16.4 Å². The average Bonchev–Trinajstić information content (AvgIpc) is 3.01. The van der Waals surface area contributed by atoms with E-state index in [2.05, 4.69) is 25.8 Å². The lowest BCUT2D eigenvalue weighted by Crippen LogP contribution is -2.59. The topological polar surface area (TPSA) is 58.1 Å². The van der Waals surface area contributed by atoms with Gasteiger partial charge in [0.15, 0.2) is 0 Å². The monoisotopic (exact) mass is 457 g/mol. The molecule has 2 aromatic rings. The molecule has 1 amide bonds. The van der Waals surface area contributed by atoms with Gasteiger partial charge in [-0.3, -0.25) is 9.36 Å².